The Bertz CT molecular complexity index is 527. The summed E-state index contributed by atoms with van der Waals surface area (Å²) in [4.78, 5) is 21.8. The highest BCUT2D eigenvalue weighted by molar-refractivity contribution is 6.32. The number of halogens is 1. The second-order valence-corrected chi connectivity index (χ2v) is 4.73. The fourth-order valence-electron chi connectivity index (χ4n) is 1.75. The van der Waals surface area contributed by atoms with Crippen LogP contribution in [-0.2, 0) is 16.0 Å². The average molecular weight is 282 g/mol. The molecule has 2 N–H and O–H groups in total. The second-order valence-electron chi connectivity index (χ2n) is 4.35. The van der Waals surface area contributed by atoms with Crippen molar-refractivity contribution < 1.29 is 14.7 Å². The maximum atomic E-state index is 10.9. The minimum Gasteiger partial charge on any atom is -0.477 e. The molecule has 0 aliphatic heterocycles. The van der Waals surface area contributed by atoms with E-state index in [2.05, 4.69) is 5.32 Å². The number of hydrogen-bond donors (Lipinski definition) is 2. The molecule has 4 nitrogen and oxygen atoms in total. The van der Waals surface area contributed by atoms with Crippen LogP contribution in [0.2, 0.25) is 5.02 Å². The summed E-state index contributed by atoms with van der Waals surface area (Å²) < 4.78 is 0. The molecular formula is C14H16ClNO3. The van der Waals surface area contributed by atoms with Crippen LogP contribution < -0.4 is 5.32 Å². The van der Waals surface area contributed by atoms with Crippen molar-refractivity contribution >= 4 is 23.5 Å². The lowest BCUT2D eigenvalue weighted by molar-refractivity contribution is -0.134. The summed E-state index contributed by atoms with van der Waals surface area (Å²) in [5.74, 6) is -1.56. The smallest absolute Gasteiger partial charge is 0.352 e. The second kappa shape index (κ2) is 6.38. The fraction of sp³-hybridized carbons (Fsp3) is 0.286. The van der Waals surface area contributed by atoms with E-state index in [0.717, 1.165) is 16.7 Å². The molecule has 0 radical (unpaired) electrons. The number of carbonyl (C=O) groups is 2. The van der Waals surface area contributed by atoms with Crippen molar-refractivity contribution in [3.05, 3.63) is 45.6 Å². The van der Waals surface area contributed by atoms with Crippen LogP contribution in [0.3, 0.4) is 0 Å². The third-order valence-electron chi connectivity index (χ3n) is 2.58. The van der Waals surface area contributed by atoms with Crippen molar-refractivity contribution in [3.63, 3.8) is 0 Å². The van der Waals surface area contributed by atoms with E-state index in [1.807, 2.05) is 26.0 Å². The number of nitrogens with one attached hydrogen (secondary N) is 1. The Kier molecular flexibility index (Phi) is 5.12. The zero-order valence-corrected chi connectivity index (χ0v) is 11.8. The van der Waals surface area contributed by atoms with Crippen molar-refractivity contribution in [2.75, 3.05) is 0 Å². The molecule has 102 valence electrons. The van der Waals surface area contributed by atoms with E-state index >= 15 is 0 Å². The highest BCUT2D eigenvalue weighted by atomic mass is 35.5. The van der Waals surface area contributed by atoms with Gasteiger partial charge in [-0.05, 0) is 43.0 Å². The lowest BCUT2D eigenvalue weighted by Gasteiger charge is -2.07. The average Bonchev–Trinajstić information content (AvgIpc) is 2.30. The number of amides is 1. The summed E-state index contributed by atoms with van der Waals surface area (Å²) >= 11 is 6.07. The summed E-state index contributed by atoms with van der Waals surface area (Å²) in [6, 6.07) is 3.80. The van der Waals surface area contributed by atoms with E-state index < -0.39 is 11.9 Å². The van der Waals surface area contributed by atoms with E-state index in [1.165, 1.54) is 13.0 Å². The van der Waals surface area contributed by atoms with E-state index in [9.17, 15) is 9.59 Å². The van der Waals surface area contributed by atoms with Gasteiger partial charge in [0.2, 0.25) is 5.91 Å². The van der Waals surface area contributed by atoms with Gasteiger partial charge in [0.05, 0.1) is 0 Å². The highest BCUT2D eigenvalue weighted by Crippen LogP contribution is 2.22. The van der Waals surface area contributed by atoms with Gasteiger partial charge < -0.3 is 10.4 Å². The number of aryl methyl sites for hydroxylation is 2. The lowest BCUT2D eigenvalue weighted by atomic mass is 10.0. The van der Waals surface area contributed by atoms with Crippen molar-refractivity contribution in [3.8, 4) is 0 Å². The number of rotatable bonds is 4. The number of aliphatic carboxylic acids is 1. The van der Waals surface area contributed by atoms with Gasteiger partial charge in [-0.2, -0.15) is 0 Å². The number of carboxylic acids is 1. The number of allylic oxidation sites excluding steroid dienone is 1. The van der Waals surface area contributed by atoms with Crippen LogP contribution in [0.4, 0.5) is 0 Å². The molecule has 0 spiro atoms. The van der Waals surface area contributed by atoms with Gasteiger partial charge in [0.25, 0.3) is 0 Å². The highest BCUT2D eigenvalue weighted by Gasteiger charge is 2.09. The summed E-state index contributed by atoms with van der Waals surface area (Å²) in [7, 11) is 0. The molecule has 19 heavy (non-hydrogen) atoms. The molecule has 5 heteroatoms. The largest absolute Gasteiger partial charge is 0.477 e. The summed E-state index contributed by atoms with van der Waals surface area (Å²) in [6.07, 6.45) is 1.90. The first-order valence-electron chi connectivity index (χ1n) is 5.78. The molecule has 1 aromatic carbocycles. The quantitative estimate of drug-likeness (QED) is 0.834. The SMILES string of the molecule is CC(=O)NC(=CCc1cc(C)c(Cl)c(C)c1)C(=O)O. The normalized spacial score (nSPS) is 11.3. The Morgan fingerprint density at radius 1 is 1.32 bits per heavy atom. The molecule has 0 aromatic heterocycles. The minimum atomic E-state index is -1.15. The van der Waals surface area contributed by atoms with Crippen LogP contribution in [0, 0.1) is 13.8 Å². The Balaban J connectivity index is 2.95. The predicted octanol–water partition coefficient (Wildman–Crippen LogP) is 2.60. The van der Waals surface area contributed by atoms with E-state index in [0.29, 0.717) is 11.4 Å². The number of carboxylic acid groups (broad SMARTS) is 1. The molecule has 0 heterocycles. The summed E-state index contributed by atoms with van der Waals surface area (Å²) in [5, 5.41) is 12.0. The topological polar surface area (TPSA) is 66.4 Å². The van der Waals surface area contributed by atoms with Gasteiger partial charge in [-0.3, -0.25) is 4.79 Å². The van der Waals surface area contributed by atoms with E-state index in [1.54, 1.807) is 0 Å². The minimum absolute atomic E-state index is 0.113. The van der Waals surface area contributed by atoms with Crippen LogP contribution in [0.15, 0.2) is 23.9 Å². The van der Waals surface area contributed by atoms with Crippen LogP contribution >= 0.6 is 11.6 Å². The van der Waals surface area contributed by atoms with Gasteiger partial charge in [-0.1, -0.05) is 23.7 Å². The fourth-order valence-corrected chi connectivity index (χ4v) is 1.86. The van der Waals surface area contributed by atoms with Crippen molar-refractivity contribution in [1.29, 1.82) is 0 Å². The first kappa shape index (κ1) is 15.2. The van der Waals surface area contributed by atoms with E-state index in [-0.39, 0.29) is 5.70 Å². The Labute approximate surface area is 117 Å². The molecule has 0 saturated heterocycles. The lowest BCUT2D eigenvalue weighted by Crippen LogP contribution is -2.24. The zero-order chi connectivity index (χ0) is 14.6. The summed E-state index contributed by atoms with van der Waals surface area (Å²) in [6.45, 7) is 5.07. The van der Waals surface area contributed by atoms with E-state index in [4.69, 9.17) is 16.7 Å². The molecule has 1 aromatic rings. The molecule has 1 amide bonds. The molecule has 0 aliphatic rings. The number of carbonyl (C=O) groups excluding carboxylic acids is 1. The van der Waals surface area contributed by atoms with Gasteiger partial charge in [0.15, 0.2) is 0 Å². The van der Waals surface area contributed by atoms with Crippen LogP contribution in [0.25, 0.3) is 0 Å². The molecule has 0 fully saturated rings. The molecule has 0 aliphatic carbocycles. The van der Waals surface area contributed by atoms with Crippen molar-refractivity contribution in [2.45, 2.75) is 27.2 Å². The van der Waals surface area contributed by atoms with Gasteiger partial charge in [-0.25, -0.2) is 4.79 Å². The number of benzene rings is 1. The van der Waals surface area contributed by atoms with Gasteiger partial charge in [0.1, 0.15) is 5.70 Å². The molecule has 0 unspecified atom stereocenters. The Morgan fingerprint density at radius 2 is 1.84 bits per heavy atom. The Morgan fingerprint density at radius 3 is 2.26 bits per heavy atom. The molecule has 1 rings (SSSR count). The monoisotopic (exact) mass is 281 g/mol. The molecular weight excluding hydrogens is 266 g/mol. The maximum absolute atomic E-state index is 10.9. The molecule has 0 bridgehead atoms. The van der Waals surface area contributed by atoms with Gasteiger partial charge in [0, 0.05) is 11.9 Å². The Hall–Kier alpha value is -1.81. The molecule has 0 atom stereocenters. The first-order chi connectivity index (χ1) is 8.81. The standard InChI is InChI=1S/C14H16ClNO3/c1-8-6-11(7-9(2)13(8)15)4-5-12(14(18)19)16-10(3)17/h5-7H,4H2,1-3H3,(H,16,17)(H,18,19). The van der Waals surface area contributed by atoms with Gasteiger partial charge in [-0.15, -0.1) is 0 Å². The van der Waals surface area contributed by atoms with Crippen LogP contribution in [0.1, 0.15) is 23.6 Å². The third kappa shape index (κ3) is 4.41. The van der Waals surface area contributed by atoms with Gasteiger partial charge >= 0.3 is 5.97 Å². The maximum Gasteiger partial charge on any atom is 0.352 e. The predicted molar refractivity (Wildman–Crippen MR) is 74.2 cm³/mol. The summed E-state index contributed by atoms with van der Waals surface area (Å²) in [5.41, 5.74) is 2.73. The van der Waals surface area contributed by atoms with Crippen molar-refractivity contribution in [1.82, 2.24) is 5.32 Å². The molecule has 0 saturated carbocycles. The van der Waals surface area contributed by atoms with Crippen LogP contribution in [-0.4, -0.2) is 17.0 Å². The van der Waals surface area contributed by atoms with Crippen LogP contribution in [0.5, 0.6) is 0 Å². The van der Waals surface area contributed by atoms with Crippen molar-refractivity contribution in [2.24, 2.45) is 0 Å². The first-order valence-corrected chi connectivity index (χ1v) is 6.15. The number of hydrogen-bond acceptors (Lipinski definition) is 2. The zero-order valence-electron chi connectivity index (χ0n) is 11.1. The third-order valence-corrected chi connectivity index (χ3v) is 3.18.